The molecule has 1 aliphatic rings. The highest BCUT2D eigenvalue weighted by Gasteiger charge is 2.27. The molecule has 0 saturated carbocycles. The Morgan fingerprint density at radius 3 is 2.41 bits per heavy atom. The molecule has 0 unspecified atom stereocenters. The summed E-state index contributed by atoms with van der Waals surface area (Å²) < 4.78 is 38.1. The summed E-state index contributed by atoms with van der Waals surface area (Å²) in [5, 5.41) is 2.84. The van der Waals surface area contributed by atoms with Gasteiger partial charge < -0.3 is 14.8 Å². The van der Waals surface area contributed by atoms with Gasteiger partial charge in [-0.1, -0.05) is 13.8 Å². The van der Waals surface area contributed by atoms with Crippen molar-refractivity contribution in [2.24, 2.45) is 0 Å². The van der Waals surface area contributed by atoms with Gasteiger partial charge in [-0.25, -0.2) is 8.42 Å². The molecule has 1 heterocycles. The third kappa shape index (κ3) is 6.67. The van der Waals surface area contributed by atoms with Crippen molar-refractivity contribution in [1.82, 2.24) is 9.21 Å². The van der Waals surface area contributed by atoms with Gasteiger partial charge in [0.1, 0.15) is 5.75 Å². The van der Waals surface area contributed by atoms with Crippen LogP contribution in [0.5, 0.6) is 5.75 Å². The highest BCUT2D eigenvalue weighted by molar-refractivity contribution is 7.89. The summed E-state index contributed by atoms with van der Waals surface area (Å²) in [5.41, 5.74) is 0.374. The van der Waals surface area contributed by atoms with Gasteiger partial charge in [-0.2, -0.15) is 4.31 Å². The van der Waals surface area contributed by atoms with Gasteiger partial charge in [0.25, 0.3) is 0 Å². The van der Waals surface area contributed by atoms with Gasteiger partial charge in [0.2, 0.25) is 15.9 Å². The van der Waals surface area contributed by atoms with Crippen molar-refractivity contribution >= 4 is 21.6 Å². The van der Waals surface area contributed by atoms with E-state index in [-0.39, 0.29) is 17.3 Å². The second-order valence-corrected chi connectivity index (χ2v) is 8.87. The summed E-state index contributed by atoms with van der Waals surface area (Å²) in [6.45, 7) is 9.74. The van der Waals surface area contributed by atoms with E-state index in [1.165, 1.54) is 16.4 Å². The maximum Gasteiger partial charge on any atom is 0.243 e. The summed E-state index contributed by atoms with van der Waals surface area (Å²) in [4.78, 5) is 14.8. The zero-order valence-corrected chi connectivity index (χ0v) is 18.5. The number of hydrogen-bond acceptors (Lipinski definition) is 6. The maximum absolute atomic E-state index is 13.0. The molecule has 9 heteroatoms. The van der Waals surface area contributed by atoms with Crippen molar-refractivity contribution in [2.45, 2.75) is 38.5 Å². The number of sulfonamides is 1. The van der Waals surface area contributed by atoms with Crippen LogP contribution in [-0.4, -0.2) is 76.1 Å². The Morgan fingerprint density at radius 1 is 1.17 bits per heavy atom. The monoisotopic (exact) mass is 427 g/mol. The fraction of sp³-hybridized carbons (Fsp3) is 0.650. The van der Waals surface area contributed by atoms with E-state index >= 15 is 0 Å². The number of amides is 1. The number of ether oxygens (including phenoxy) is 2. The van der Waals surface area contributed by atoms with Crippen LogP contribution in [0.15, 0.2) is 23.1 Å². The highest BCUT2D eigenvalue weighted by Crippen LogP contribution is 2.29. The van der Waals surface area contributed by atoms with Gasteiger partial charge in [-0.3, -0.25) is 9.69 Å². The molecule has 29 heavy (non-hydrogen) atoms. The van der Waals surface area contributed by atoms with Crippen LogP contribution in [0, 0.1) is 0 Å². The molecule has 8 nitrogen and oxygen atoms in total. The minimum atomic E-state index is -3.66. The molecule has 1 aromatic carbocycles. The van der Waals surface area contributed by atoms with Gasteiger partial charge in [-0.05, 0) is 51.1 Å². The minimum Gasteiger partial charge on any atom is -0.492 e. The van der Waals surface area contributed by atoms with Gasteiger partial charge in [0.05, 0.1) is 36.9 Å². The van der Waals surface area contributed by atoms with Gasteiger partial charge in [0.15, 0.2) is 0 Å². The Kier molecular flexibility index (Phi) is 9.35. The number of nitrogens with one attached hydrogen (secondary N) is 1. The fourth-order valence-electron chi connectivity index (χ4n) is 3.28. The number of morpholine rings is 1. The summed E-state index contributed by atoms with van der Waals surface area (Å²) in [6.07, 6.45) is 1.93. The van der Waals surface area contributed by atoms with E-state index in [4.69, 9.17) is 9.47 Å². The molecule has 0 aliphatic carbocycles. The van der Waals surface area contributed by atoms with E-state index in [1.54, 1.807) is 6.07 Å². The van der Waals surface area contributed by atoms with Crippen LogP contribution >= 0.6 is 0 Å². The lowest BCUT2D eigenvalue weighted by Crippen LogP contribution is -2.40. The first-order valence-electron chi connectivity index (χ1n) is 10.3. The van der Waals surface area contributed by atoms with E-state index in [0.29, 0.717) is 44.3 Å². The van der Waals surface area contributed by atoms with Crippen molar-refractivity contribution in [3.63, 3.8) is 0 Å². The lowest BCUT2D eigenvalue weighted by molar-refractivity contribution is -0.117. The van der Waals surface area contributed by atoms with Crippen molar-refractivity contribution in [3.8, 4) is 5.75 Å². The highest BCUT2D eigenvalue weighted by atomic mass is 32.2. The summed E-state index contributed by atoms with van der Waals surface area (Å²) in [6, 6.07) is 4.60. The molecule has 0 aromatic heterocycles. The molecule has 1 aromatic rings. The molecule has 2 rings (SSSR count). The molecular weight excluding hydrogens is 394 g/mol. The second kappa shape index (κ2) is 11.5. The average Bonchev–Trinajstić information content (AvgIpc) is 2.70. The van der Waals surface area contributed by atoms with E-state index in [9.17, 15) is 13.2 Å². The molecule has 1 amide bonds. The lowest BCUT2D eigenvalue weighted by Gasteiger charge is -2.26. The molecule has 1 N–H and O–H groups in total. The third-order valence-corrected chi connectivity index (χ3v) is 6.47. The Morgan fingerprint density at radius 2 is 1.83 bits per heavy atom. The molecule has 1 saturated heterocycles. The first-order valence-corrected chi connectivity index (χ1v) is 11.7. The number of benzene rings is 1. The first-order chi connectivity index (χ1) is 13.9. The topological polar surface area (TPSA) is 88.2 Å². The summed E-state index contributed by atoms with van der Waals surface area (Å²) in [5.74, 6) is 0.271. The Hall–Kier alpha value is -1.68. The van der Waals surface area contributed by atoms with Crippen LogP contribution in [0.4, 0.5) is 5.69 Å². The van der Waals surface area contributed by atoms with Crippen molar-refractivity contribution in [3.05, 3.63) is 18.2 Å². The van der Waals surface area contributed by atoms with E-state index < -0.39 is 10.0 Å². The normalized spacial score (nSPS) is 15.4. The SMILES string of the molecule is CCCN(CCC)CC(=O)Nc1cc(S(=O)(=O)N2CCOCC2)ccc1OCC. The van der Waals surface area contributed by atoms with Crippen LogP contribution in [-0.2, 0) is 19.6 Å². The molecule has 0 spiro atoms. The fourth-order valence-corrected chi connectivity index (χ4v) is 4.71. The Bertz CT molecular complexity index is 757. The zero-order chi connectivity index (χ0) is 21.3. The van der Waals surface area contributed by atoms with Crippen molar-refractivity contribution in [2.75, 3.05) is 57.9 Å². The van der Waals surface area contributed by atoms with Gasteiger partial charge in [0, 0.05) is 13.1 Å². The molecule has 164 valence electrons. The second-order valence-electron chi connectivity index (χ2n) is 6.93. The lowest BCUT2D eigenvalue weighted by atomic mass is 10.2. The summed E-state index contributed by atoms with van der Waals surface area (Å²) >= 11 is 0. The van der Waals surface area contributed by atoms with E-state index in [1.807, 2.05) is 6.92 Å². The molecule has 1 aliphatic heterocycles. The number of nitrogens with zero attached hydrogens (tertiary/aromatic N) is 2. The average molecular weight is 428 g/mol. The Balaban J connectivity index is 2.22. The predicted molar refractivity (Wildman–Crippen MR) is 113 cm³/mol. The third-order valence-electron chi connectivity index (χ3n) is 4.58. The van der Waals surface area contributed by atoms with Gasteiger partial charge >= 0.3 is 0 Å². The Labute approximate surface area is 174 Å². The van der Waals surface area contributed by atoms with E-state index in [0.717, 1.165) is 25.9 Å². The number of carbonyl (C=O) groups is 1. The number of hydrogen-bond donors (Lipinski definition) is 1. The summed E-state index contributed by atoms with van der Waals surface area (Å²) in [7, 11) is -3.66. The molecule has 0 atom stereocenters. The molecule has 0 bridgehead atoms. The van der Waals surface area contributed by atoms with Crippen LogP contribution in [0.2, 0.25) is 0 Å². The number of rotatable bonds is 11. The molecule has 1 fully saturated rings. The number of anilines is 1. The minimum absolute atomic E-state index is 0.136. The standard InChI is InChI=1S/C20H33N3O5S/c1-4-9-22(10-5-2)16-20(24)21-18-15-17(7-8-19(18)28-6-3)29(25,26)23-11-13-27-14-12-23/h7-8,15H,4-6,9-14,16H2,1-3H3,(H,21,24). The predicted octanol–water partition coefficient (Wildman–Crippen LogP) is 2.17. The van der Waals surface area contributed by atoms with E-state index in [2.05, 4.69) is 24.1 Å². The van der Waals surface area contributed by atoms with Crippen LogP contribution in [0.3, 0.4) is 0 Å². The number of carbonyl (C=O) groups excluding carboxylic acids is 1. The zero-order valence-electron chi connectivity index (χ0n) is 17.6. The smallest absolute Gasteiger partial charge is 0.243 e. The van der Waals surface area contributed by atoms with Crippen LogP contribution < -0.4 is 10.1 Å². The maximum atomic E-state index is 13.0. The largest absolute Gasteiger partial charge is 0.492 e. The first kappa shape index (κ1) is 23.6. The molecular formula is C20H33N3O5S. The van der Waals surface area contributed by atoms with Crippen molar-refractivity contribution < 1.29 is 22.7 Å². The van der Waals surface area contributed by atoms with Crippen LogP contribution in [0.1, 0.15) is 33.6 Å². The van der Waals surface area contributed by atoms with Crippen LogP contribution in [0.25, 0.3) is 0 Å². The van der Waals surface area contributed by atoms with Crippen molar-refractivity contribution in [1.29, 1.82) is 0 Å². The quantitative estimate of drug-likeness (QED) is 0.582. The molecule has 0 radical (unpaired) electrons. The van der Waals surface area contributed by atoms with Gasteiger partial charge in [-0.15, -0.1) is 0 Å².